The fourth-order valence-electron chi connectivity index (χ4n) is 6.54. The lowest BCUT2D eigenvalue weighted by molar-refractivity contribution is -0.192. The Morgan fingerprint density at radius 3 is 1.70 bits per heavy atom. The van der Waals surface area contributed by atoms with Gasteiger partial charge >= 0.3 is 24.1 Å². The van der Waals surface area contributed by atoms with E-state index in [1.54, 1.807) is 0 Å². The number of Topliss-reactive ketones (excluding diaryl/α,β-unsaturated/α-hetero) is 3. The first kappa shape index (κ1) is 54.7. The lowest BCUT2D eigenvalue weighted by atomic mass is 9.89. The van der Waals surface area contributed by atoms with E-state index in [0.29, 0.717) is 32.0 Å². The van der Waals surface area contributed by atoms with E-state index in [4.69, 9.17) is 14.7 Å². The maximum atomic E-state index is 13.9. The first-order valence-corrected chi connectivity index (χ1v) is 21.4. The largest absolute Gasteiger partial charge is 0.481 e. The zero-order valence-electron chi connectivity index (χ0n) is 35.8. The highest BCUT2D eigenvalue weighted by atomic mass is 16.4. The number of hydrogen-bond acceptors (Lipinski definition) is 11. The quantitative estimate of drug-likeness (QED) is 0.0419. The van der Waals surface area contributed by atoms with Gasteiger partial charge in [0, 0.05) is 70.4 Å². The predicted molar refractivity (Wildman–Crippen MR) is 229 cm³/mol. The molecule has 344 valence electrons. The molecule has 4 amide bonds. The number of ketones is 3. The number of carboxylic acid groups (broad SMARTS) is 2. The summed E-state index contributed by atoms with van der Waals surface area (Å²) >= 11 is 0. The number of rotatable bonds is 34. The molecule has 0 aliphatic heterocycles. The van der Waals surface area contributed by atoms with Gasteiger partial charge in [-0.05, 0) is 56.1 Å². The molecule has 3 atom stereocenters. The molecular formula is C46H62N4O13. The highest BCUT2D eigenvalue weighted by Crippen LogP contribution is 2.17. The summed E-state index contributed by atoms with van der Waals surface area (Å²) in [4.78, 5) is 126. The van der Waals surface area contributed by atoms with Crippen molar-refractivity contribution in [3.05, 3.63) is 71.8 Å². The lowest BCUT2D eigenvalue weighted by Crippen LogP contribution is -2.46. The fraction of sp³-hybridized carbons (Fsp3) is 0.522. The van der Waals surface area contributed by atoms with Crippen LogP contribution in [-0.2, 0) is 60.8 Å². The van der Waals surface area contributed by atoms with Gasteiger partial charge in [0.15, 0.2) is 5.78 Å². The Morgan fingerprint density at radius 2 is 1.11 bits per heavy atom. The van der Waals surface area contributed by atoms with Crippen molar-refractivity contribution in [1.82, 2.24) is 21.3 Å². The smallest absolute Gasteiger partial charge is 0.373 e. The molecule has 0 saturated heterocycles. The Hall–Kier alpha value is -6.35. The number of unbranched alkanes of at least 4 members (excludes halogenated alkanes) is 5. The monoisotopic (exact) mass is 878 g/mol. The summed E-state index contributed by atoms with van der Waals surface area (Å²) in [6.45, 7) is 0.330. The number of carbonyl (C=O) groups is 9. The number of carbonyl (C=O) groups excluding carboxylic acids is 9. The number of urea groups is 1. The molecule has 0 aliphatic carbocycles. The van der Waals surface area contributed by atoms with Crippen molar-refractivity contribution in [2.45, 2.75) is 134 Å². The van der Waals surface area contributed by atoms with Gasteiger partial charge in [-0.3, -0.25) is 28.8 Å². The zero-order chi connectivity index (χ0) is 46.7. The molecule has 0 spiro atoms. The van der Waals surface area contributed by atoms with E-state index in [9.17, 15) is 48.3 Å². The summed E-state index contributed by atoms with van der Waals surface area (Å²) in [5.41, 5.74) is 1.75. The maximum Gasteiger partial charge on any atom is 0.373 e. The molecule has 2 aromatic carbocycles. The number of carboxylic acids is 2. The van der Waals surface area contributed by atoms with Gasteiger partial charge in [0.1, 0.15) is 23.9 Å². The minimum absolute atomic E-state index is 0.00577. The Kier molecular flexibility index (Phi) is 29.7. The molecule has 0 aromatic heterocycles. The summed E-state index contributed by atoms with van der Waals surface area (Å²) < 4.78 is 0. The Bertz CT molecular complexity index is 1770. The molecule has 0 aliphatic rings. The summed E-state index contributed by atoms with van der Waals surface area (Å²) in [5, 5.41) is 28.6. The van der Waals surface area contributed by atoms with E-state index in [2.05, 4.69) is 21.3 Å². The van der Waals surface area contributed by atoms with Crippen LogP contribution >= 0.6 is 0 Å². The third-order valence-electron chi connectivity index (χ3n) is 9.90. The van der Waals surface area contributed by atoms with E-state index in [-0.39, 0.29) is 119 Å². The van der Waals surface area contributed by atoms with Crippen molar-refractivity contribution < 1.29 is 63.0 Å². The molecule has 0 saturated carbocycles. The van der Waals surface area contributed by atoms with Gasteiger partial charge in [-0.1, -0.05) is 86.3 Å². The Balaban J connectivity index is 0.00000642. The molecule has 2 aromatic rings. The van der Waals surface area contributed by atoms with E-state index in [1.165, 1.54) is 0 Å². The molecule has 63 heavy (non-hydrogen) atoms. The molecule has 0 bridgehead atoms. The van der Waals surface area contributed by atoms with Crippen LogP contribution in [0.5, 0.6) is 0 Å². The van der Waals surface area contributed by atoms with Crippen molar-refractivity contribution in [3.63, 3.8) is 0 Å². The number of nitrogens with one attached hydrogen (secondary N) is 4. The SMILES string of the molecule is O=C=O.O=CCCC(=O)CCCNC(=O)C(CC(=O)C(Cc1ccccc1)NC(=O)CCCCCCCCC(=O)CCC(NC(=O)NCCCC(=O)O)C(=O)O)Cc1ccccc1. The highest BCUT2D eigenvalue weighted by molar-refractivity contribution is 5.93. The van der Waals surface area contributed by atoms with E-state index in [1.807, 2.05) is 60.7 Å². The van der Waals surface area contributed by atoms with E-state index >= 15 is 0 Å². The Morgan fingerprint density at radius 1 is 0.587 bits per heavy atom. The van der Waals surface area contributed by atoms with Crippen LogP contribution in [0.2, 0.25) is 0 Å². The molecule has 17 nitrogen and oxygen atoms in total. The van der Waals surface area contributed by atoms with Crippen molar-refractivity contribution >= 4 is 59.6 Å². The van der Waals surface area contributed by atoms with E-state index in [0.717, 1.165) is 36.8 Å². The summed E-state index contributed by atoms with van der Waals surface area (Å²) in [6.07, 6.45) is 7.43. The molecule has 6 N–H and O–H groups in total. The number of benzene rings is 2. The van der Waals surface area contributed by atoms with Crippen LogP contribution in [-0.4, -0.2) is 95.0 Å². The van der Waals surface area contributed by atoms with Gasteiger partial charge in [-0.25, -0.2) is 9.59 Å². The van der Waals surface area contributed by atoms with Gasteiger partial charge in [0.05, 0.1) is 6.04 Å². The summed E-state index contributed by atoms with van der Waals surface area (Å²) in [6, 6.07) is 15.9. The molecule has 17 heteroatoms. The lowest BCUT2D eigenvalue weighted by Gasteiger charge is -2.22. The average Bonchev–Trinajstić information content (AvgIpc) is 3.25. The molecule has 0 heterocycles. The second kappa shape index (κ2) is 34.3. The van der Waals surface area contributed by atoms with Crippen molar-refractivity contribution in [2.24, 2.45) is 5.92 Å². The van der Waals surface area contributed by atoms with Crippen LogP contribution in [0.25, 0.3) is 0 Å². The second-order valence-electron chi connectivity index (χ2n) is 15.1. The third-order valence-corrected chi connectivity index (χ3v) is 9.90. The second-order valence-corrected chi connectivity index (χ2v) is 15.1. The van der Waals surface area contributed by atoms with Gasteiger partial charge in [0.2, 0.25) is 11.8 Å². The van der Waals surface area contributed by atoms with Crippen LogP contribution in [0, 0.1) is 5.92 Å². The van der Waals surface area contributed by atoms with Crippen LogP contribution in [0.4, 0.5) is 4.79 Å². The van der Waals surface area contributed by atoms with Gasteiger partial charge < -0.3 is 36.3 Å². The van der Waals surface area contributed by atoms with Crippen LogP contribution in [0.3, 0.4) is 0 Å². The number of aldehydes is 1. The number of amides is 4. The molecule has 0 radical (unpaired) electrons. The first-order chi connectivity index (χ1) is 30.3. The average molecular weight is 879 g/mol. The molecular weight excluding hydrogens is 817 g/mol. The topological polar surface area (TPSA) is 276 Å². The minimum Gasteiger partial charge on any atom is -0.481 e. The van der Waals surface area contributed by atoms with E-state index < -0.39 is 36.0 Å². The first-order valence-electron chi connectivity index (χ1n) is 21.4. The third kappa shape index (κ3) is 28.0. The highest BCUT2D eigenvalue weighted by Gasteiger charge is 2.28. The van der Waals surface area contributed by atoms with Crippen LogP contribution < -0.4 is 21.3 Å². The van der Waals surface area contributed by atoms with Crippen molar-refractivity contribution in [1.29, 1.82) is 0 Å². The molecule has 2 rings (SSSR count). The Labute approximate surface area is 367 Å². The van der Waals surface area contributed by atoms with Crippen molar-refractivity contribution in [2.75, 3.05) is 13.1 Å². The predicted octanol–water partition coefficient (Wildman–Crippen LogP) is 4.48. The standard InChI is InChI=1S/C45H62N4O11.CO2/c50-29-15-22-36(51)21-13-27-46-43(57)35(30-33-16-7-5-8-17-33)32-40(53)39(31-34-18-9-6-10-19-34)48-41(54)23-12-4-2-1-3-11-20-37(52)25-26-38(44(58)59)49-45(60)47-28-14-24-42(55)56;2-1-3/h5-10,16-19,29,35,38-39H,1-4,11-15,20-28,30-32H2,(H,46,57)(H,48,54)(H,55,56)(H,58,59)(H2,47,49,60);. The maximum absolute atomic E-state index is 13.9. The zero-order valence-corrected chi connectivity index (χ0v) is 35.8. The normalized spacial score (nSPS) is 11.8. The van der Waals surface area contributed by atoms with Gasteiger partial charge in [-0.15, -0.1) is 0 Å². The number of aliphatic carboxylic acids is 2. The molecule has 0 fully saturated rings. The fourth-order valence-corrected chi connectivity index (χ4v) is 6.54. The summed E-state index contributed by atoms with van der Waals surface area (Å²) in [7, 11) is 0. The van der Waals surface area contributed by atoms with Gasteiger partial charge in [-0.2, -0.15) is 9.59 Å². The van der Waals surface area contributed by atoms with Crippen LogP contribution in [0.15, 0.2) is 60.7 Å². The van der Waals surface area contributed by atoms with Gasteiger partial charge in [0.25, 0.3) is 0 Å². The molecule has 3 unspecified atom stereocenters. The minimum atomic E-state index is -1.27. The van der Waals surface area contributed by atoms with Crippen molar-refractivity contribution in [3.8, 4) is 0 Å². The summed E-state index contributed by atoms with van der Waals surface area (Å²) in [5.74, 6) is -3.95. The van der Waals surface area contributed by atoms with Crippen LogP contribution in [0.1, 0.15) is 120 Å². The number of hydrogen-bond donors (Lipinski definition) is 6.